The topological polar surface area (TPSA) is 102 Å². The van der Waals surface area contributed by atoms with Gasteiger partial charge in [0.1, 0.15) is 0 Å². The summed E-state index contributed by atoms with van der Waals surface area (Å²) in [4.78, 5) is 24.3. The second-order valence-electron chi connectivity index (χ2n) is 6.02. The molecule has 0 fully saturated rings. The van der Waals surface area contributed by atoms with Crippen molar-refractivity contribution in [3.05, 3.63) is 29.3 Å². The molecule has 0 bridgehead atoms. The highest BCUT2D eigenvalue weighted by Crippen LogP contribution is 2.22. The third-order valence-corrected chi connectivity index (χ3v) is 4.52. The molecule has 134 valence electrons. The van der Waals surface area contributed by atoms with E-state index in [0.717, 1.165) is 11.1 Å². The minimum absolute atomic E-state index is 0.0839. The van der Waals surface area contributed by atoms with Crippen molar-refractivity contribution in [1.82, 2.24) is 25.5 Å². The molecule has 0 unspecified atom stereocenters. The molecule has 0 aliphatic heterocycles. The van der Waals surface area contributed by atoms with Crippen LogP contribution in [0.3, 0.4) is 0 Å². The molecule has 1 atom stereocenters. The number of aromatic nitrogens is 4. The van der Waals surface area contributed by atoms with Crippen molar-refractivity contribution < 1.29 is 9.59 Å². The van der Waals surface area contributed by atoms with Gasteiger partial charge in [0.15, 0.2) is 0 Å². The number of rotatable bonds is 5. The van der Waals surface area contributed by atoms with Gasteiger partial charge in [-0.2, -0.15) is 0 Å². The molecule has 0 aliphatic carbocycles. The van der Waals surface area contributed by atoms with E-state index in [9.17, 15) is 9.59 Å². The maximum Gasteiger partial charge on any atom is 0.325 e. The van der Waals surface area contributed by atoms with Crippen molar-refractivity contribution in [2.75, 3.05) is 5.32 Å². The molecule has 0 spiro atoms. The highest BCUT2D eigenvalue weighted by atomic mass is 32.2. The Morgan fingerprint density at radius 2 is 1.92 bits per heavy atom. The van der Waals surface area contributed by atoms with Crippen LogP contribution in [0, 0.1) is 13.8 Å². The zero-order valence-corrected chi connectivity index (χ0v) is 15.7. The summed E-state index contributed by atoms with van der Waals surface area (Å²) < 4.78 is 1.63. The average molecular weight is 362 g/mol. The van der Waals surface area contributed by atoms with Crippen LogP contribution in [0.4, 0.5) is 10.5 Å². The molecule has 2 N–H and O–H groups in total. The fourth-order valence-electron chi connectivity index (χ4n) is 2.12. The van der Waals surface area contributed by atoms with E-state index in [1.54, 1.807) is 11.6 Å². The molecule has 1 heterocycles. The largest absolute Gasteiger partial charge is 0.325 e. The van der Waals surface area contributed by atoms with Crippen LogP contribution in [0.15, 0.2) is 23.4 Å². The van der Waals surface area contributed by atoms with Gasteiger partial charge in [0, 0.05) is 5.69 Å². The van der Waals surface area contributed by atoms with Gasteiger partial charge in [-0.25, -0.2) is 9.48 Å². The van der Waals surface area contributed by atoms with Crippen LogP contribution in [0.2, 0.25) is 0 Å². The van der Waals surface area contributed by atoms with Crippen LogP contribution < -0.4 is 10.6 Å². The highest BCUT2D eigenvalue weighted by molar-refractivity contribution is 8.00. The second-order valence-corrected chi connectivity index (χ2v) is 7.33. The van der Waals surface area contributed by atoms with E-state index < -0.39 is 17.2 Å². The number of nitrogens with zero attached hydrogens (tertiary/aromatic N) is 4. The number of hydrogen-bond donors (Lipinski definition) is 2. The van der Waals surface area contributed by atoms with Gasteiger partial charge in [-0.05, 0) is 56.7 Å². The summed E-state index contributed by atoms with van der Waals surface area (Å²) in [5.74, 6) is -0.412. The summed E-state index contributed by atoms with van der Waals surface area (Å²) in [6.45, 7) is 9.47. The number of hydrogen-bond acceptors (Lipinski definition) is 6. The third-order valence-electron chi connectivity index (χ3n) is 3.47. The van der Waals surface area contributed by atoms with Crippen molar-refractivity contribution in [3.63, 3.8) is 0 Å². The highest BCUT2D eigenvalue weighted by Gasteiger charge is 2.21. The van der Waals surface area contributed by atoms with Crippen molar-refractivity contribution >= 4 is 29.4 Å². The van der Waals surface area contributed by atoms with Gasteiger partial charge < -0.3 is 5.32 Å². The molecule has 0 saturated heterocycles. The maximum absolute atomic E-state index is 12.2. The molecule has 25 heavy (non-hydrogen) atoms. The number of nitrogens with one attached hydrogen (secondary N) is 2. The van der Waals surface area contributed by atoms with Crippen LogP contribution in [0.1, 0.15) is 37.9 Å². The number of amides is 3. The summed E-state index contributed by atoms with van der Waals surface area (Å²) in [5.41, 5.74) is 2.70. The smallest absolute Gasteiger partial charge is 0.307 e. The molecule has 2 rings (SSSR count). The van der Waals surface area contributed by atoms with Gasteiger partial charge in [0.05, 0.1) is 11.3 Å². The first-order valence-corrected chi connectivity index (χ1v) is 8.79. The molecular weight excluding hydrogens is 340 g/mol. The van der Waals surface area contributed by atoms with E-state index in [1.807, 2.05) is 45.9 Å². The number of carbonyl (C=O) groups is 2. The predicted octanol–water partition coefficient (Wildman–Crippen LogP) is 2.70. The molecule has 2 aromatic rings. The Morgan fingerprint density at radius 3 is 2.56 bits per heavy atom. The lowest BCUT2D eigenvalue weighted by atomic mass is 10.1. The number of aryl methyl sites for hydroxylation is 2. The van der Waals surface area contributed by atoms with Gasteiger partial charge >= 0.3 is 6.03 Å². The second kappa shape index (κ2) is 8.11. The molecular formula is C16H22N6O2S. The molecule has 0 saturated carbocycles. The minimum Gasteiger partial charge on any atom is -0.307 e. The summed E-state index contributed by atoms with van der Waals surface area (Å²) in [7, 11) is 0. The number of imide groups is 1. The molecule has 0 radical (unpaired) electrons. The summed E-state index contributed by atoms with van der Waals surface area (Å²) in [6.07, 6.45) is 0. The Bertz CT molecular complexity index is 774. The summed E-state index contributed by atoms with van der Waals surface area (Å²) in [5, 5.41) is 16.5. The van der Waals surface area contributed by atoms with Gasteiger partial charge in [0.25, 0.3) is 0 Å². The molecule has 1 aromatic carbocycles. The van der Waals surface area contributed by atoms with Crippen molar-refractivity contribution in [1.29, 1.82) is 0 Å². The van der Waals surface area contributed by atoms with E-state index in [-0.39, 0.29) is 6.04 Å². The van der Waals surface area contributed by atoms with Crippen molar-refractivity contribution in [2.45, 2.75) is 51.1 Å². The normalized spacial score (nSPS) is 12.1. The van der Waals surface area contributed by atoms with Crippen LogP contribution in [0.5, 0.6) is 0 Å². The van der Waals surface area contributed by atoms with Gasteiger partial charge in [-0.3, -0.25) is 10.1 Å². The van der Waals surface area contributed by atoms with E-state index in [1.165, 1.54) is 11.8 Å². The Balaban J connectivity index is 1.94. The molecule has 3 amide bonds. The fourth-order valence-corrected chi connectivity index (χ4v) is 3.04. The first kappa shape index (κ1) is 18.9. The average Bonchev–Trinajstić information content (AvgIpc) is 2.98. The number of benzene rings is 1. The van der Waals surface area contributed by atoms with Gasteiger partial charge in [-0.15, -0.1) is 5.10 Å². The standard InChI is InChI=1S/C16H22N6O2S/c1-9(2)22-16(19-20-21-22)25-12(5)14(23)18-15(24)17-13-7-6-10(3)8-11(13)4/h6-9,12H,1-5H3,(H2,17,18,23,24)/t12-/m0/s1. The first-order chi connectivity index (χ1) is 11.8. The van der Waals surface area contributed by atoms with Crippen molar-refractivity contribution in [2.24, 2.45) is 0 Å². The lowest BCUT2D eigenvalue weighted by Gasteiger charge is -2.13. The van der Waals surface area contributed by atoms with Crippen LogP contribution in [-0.4, -0.2) is 37.4 Å². The third kappa shape index (κ3) is 5.02. The SMILES string of the molecule is Cc1ccc(NC(=O)NC(=O)[C@H](C)Sc2nnnn2C(C)C)c(C)c1. The van der Waals surface area contributed by atoms with Crippen molar-refractivity contribution in [3.8, 4) is 0 Å². The molecule has 9 heteroatoms. The number of thioether (sulfide) groups is 1. The molecule has 1 aromatic heterocycles. The Morgan fingerprint density at radius 1 is 1.20 bits per heavy atom. The number of anilines is 1. The summed E-state index contributed by atoms with van der Waals surface area (Å²) in [6, 6.07) is 5.19. The zero-order valence-electron chi connectivity index (χ0n) is 14.9. The van der Waals surface area contributed by atoms with Crippen LogP contribution in [0.25, 0.3) is 0 Å². The van der Waals surface area contributed by atoms with E-state index in [4.69, 9.17) is 0 Å². The minimum atomic E-state index is -0.562. The quantitative estimate of drug-likeness (QED) is 0.793. The number of tetrazole rings is 1. The maximum atomic E-state index is 12.2. The Labute approximate surface area is 150 Å². The summed E-state index contributed by atoms with van der Waals surface area (Å²) >= 11 is 1.20. The van der Waals surface area contributed by atoms with Gasteiger partial charge in [0.2, 0.25) is 11.1 Å². The predicted molar refractivity (Wildman–Crippen MR) is 96.6 cm³/mol. The lowest BCUT2D eigenvalue weighted by Crippen LogP contribution is -2.39. The zero-order chi connectivity index (χ0) is 18.6. The lowest BCUT2D eigenvalue weighted by molar-refractivity contribution is -0.119. The van der Waals surface area contributed by atoms with E-state index >= 15 is 0 Å². The molecule has 0 aliphatic rings. The molecule has 8 nitrogen and oxygen atoms in total. The number of carbonyl (C=O) groups excluding carboxylic acids is 2. The van der Waals surface area contributed by atoms with E-state index in [0.29, 0.717) is 10.8 Å². The first-order valence-electron chi connectivity index (χ1n) is 7.91. The van der Waals surface area contributed by atoms with Crippen LogP contribution in [-0.2, 0) is 4.79 Å². The Kier molecular flexibility index (Phi) is 6.13. The fraction of sp³-hybridized carbons (Fsp3) is 0.438. The van der Waals surface area contributed by atoms with E-state index in [2.05, 4.69) is 26.2 Å². The van der Waals surface area contributed by atoms with Crippen LogP contribution >= 0.6 is 11.8 Å². The monoisotopic (exact) mass is 362 g/mol. The Hall–Kier alpha value is -2.42. The van der Waals surface area contributed by atoms with Gasteiger partial charge in [-0.1, -0.05) is 29.5 Å². The number of urea groups is 1.